The lowest BCUT2D eigenvalue weighted by molar-refractivity contribution is 0.211. The molecule has 0 aliphatic carbocycles. The molecule has 2 aromatic rings. The highest BCUT2D eigenvalue weighted by Gasteiger charge is 2.08. The minimum Gasteiger partial charge on any atom is -0.383 e. The first-order valence-corrected chi connectivity index (χ1v) is 6.31. The summed E-state index contributed by atoms with van der Waals surface area (Å²) < 4.78 is 22.6. The van der Waals surface area contributed by atoms with E-state index >= 15 is 0 Å². The van der Waals surface area contributed by atoms with Crippen molar-refractivity contribution in [1.29, 1.82) is 0 Å². The van der Waals surface area contributed by atoms with E-state index in [4.69, 9.17) is 4.74 Å². The normalized spacial score (nSPS) is 10.6. The monoisotopic (exact) mass is 267 g/mol. The summed E-state index contributed by atoms with van der Waals surface area (Å²) in [5.41, 5.74) is 1.31. The Balaban J connectivity index is 2.11. The van der Waals surface area contributed by atoms with Crippen molar-refractivity contribution in [3.8, 4) is 11.4 Å². The predicted octanol–water partition coefficient (Wildman–Crippen LogP) is 2.71. The molecule has 0 aliphatic rings. The van der Waals surface area contributed by atoms with Crippen molar-refractivity contribution in [3.05, 3.63) is 29.6 Å². The molecular weight excluding hydrogens is 253 g/mol. The molecule has 0 saturated heterocycles. The molecule has 0 radical (unpaired) electrons. The molecule has 0 spiro atoms. The molecule has 6 heteroatoms. The summed E-state index contributed by atoms with van der Waals surface area (Å²) in [6.45, 7) is 3.01. The second kappa shape index (κ2) is 5.88. The number of rotatable bonds is 5. The number of benzene rings is 1. The van der Waals surface area contributed by atoms with E-state index in [1.165, 1.54) is 17.6 Å². The zero-order valence-electron chi connectivity index (χ0n) is 10.2. The Morgan fingerprint density at radius 1 is 1.44 bits per heavy atom. The molecule has 0 bridgehead atoms. The van der Waals surface area contributed by atoms with Crippen LogP contribution in [0.15, 0.2) is 18.2 Å². The van der Waals surface area contributed by atoms with E-state index in [-0.39, 0.29) is 5.82 Å². The molecule has 1 aromatic heterocycles. The molecule has 0 fully saturated rings. The van der Waals surface area contributed by atoms with Gasteiger partial charge >= 0.3 is 0 Å². The largest absolute Gasteiger partial charge is 0.383 e. The van der Waals surface area contributed by atoms with E-state index in [1.807, 2.05) is 6.07 Å². The van der Waals surface area contributed by atoms with Gasteiger partial charge in [0.15, 0.2) is 5.82 Å². The van der Waals surface area contributed by atoms with Gasteiger partial charge in [-0.3, -0.25) is 0 Å². The number of ether oxygens (including phenoxy) is 1. The fourth-order valence-corrected chi connectivity index (χ4v) is 2.02. The van der Waals surface area contributed by atoms with Gasteiger partial charge < -0.3 is 10.1 Å². The van der Waals surface area contributed by atoms with E-state index in [0.717, 1.165) is 0 Å². The van der Waals surface area contributed by atoms with E-state index in [2.05, 4.69) is 14.7 Å². The Bertz CT molecular complexity index is 530. The quantitative estimate of drug-likeness (QED) is 0.846. The average molecular weight is 267 g/mol. The van der Waals surface area contributed by atoms with Gasteiger partial charge in [0, 0.05) is 30.8 Å². The molecular formula is C12H14FN3OS. The highest BCUT2D eigenvalue weighted by atomic mass is 32.1. The Morgan fingerprint density at radius 3 is 3.00 bits per heavy atom. The minimum absolute atomic E-state index is 0.240. The molecule has 18 heavy (non-hydrogen) atoms. The second-order valence-corrected chi connectivity index (χ2v) is 4.56. The zero-order chi connectivity index (χ0) is 13.0. The fraction of sp³-hybridized carbons (Fsp3) is 0.333. The molecule has 96 valence electrons. The lowest BCUT2D eigenvalue weighted by Crippen LogP contribution is -2.07. The molecule has 0 atom stereocenters. The number of anilines is 1. The number of hydrogen-bond acceptors (Lipinski definition) is 5. The maximum absolute atomic E-state index is 13.4. The molecule has 4 nitrogen and oxygen atoms in total. The first kappa shape index (κ1) is 12.9. The number of methoxy groups -OCH3 is 1. The van der Waals surface area contributed by atoms with Crippen LogP contribution in [-0.4, -0.2) is 29.6 Å². The lowest BCUT2D eigenvalue weighted by atomic mass is 10.1. The number of nitrogens with one attached hydrogen (secondary N) is 1. The van der Waals surface area contributed by atoms with Crippen molar-refractivity contribution in [2.24, 2.45) is 0 Å². The molecule has 1 aromatic carbocycles. The number of aryl methyl sites for hydroxylation is 1. The van der Waals surface area contributed by atoms with Crippen LogP contribution < -0.4 is 5.32 Å². The van der Waals surface area contributed by atoms with Gasteiger partial charge in [0.2, 0.25) is 5.13 Å². The highest BCUT2D eigenvalue weighted by molar-refractivity contribution is 7.09. The van der Waals surface area contributed by atoms with Gasteiger partial charge in [-0.2, -0.15) is 9.36 Å². The topological polar surface area (TPSA) is 47.0 Å². The Kier molecular flexibility index (Phi) is 4.22. The number of hydrogen-bond donors (Lipinski definition) is 1. The standard InChI is InChI=1S/C12H14FN3OS/c1-8-3-4-9(7-10(8)13)11-15-12(18-16-11)14-5-6-17-2/h3-4,7H,5-6H2,1-2H3,(H,14,15,16). The van der Waals surface area contributed by atoms with Crippen LogP contribution in [0.1, 0.15) is 5.56 Å². The fourth-order valence-electron chi connectivity index (χ4n) is 1.40. The van der Waals surface area contributed by atoms with Crippen molar-refractivity contribution in [2.75, 3.05) is 25.6 Å². The number of halogens is 1. The van der Waals surface area contributed by atoms with Crippen LogP contribution in [0.5, 0.6) is 0 Å². The summed E-state index contributed by atoms with van der Waals surface area (Å²) in [5, 5.41) is 3.80. The van der Waals surface area contributed by atoms with Crippen LogP contribution in [0.3, 0.4) is 0 Å². The van der Waals surface area contributed by atoms with Crippen molar-refractivity contribution in [3.63, 3.8) is 0 Å². The van der Waals surface area contributed by atoms with Gasteiger partial charge in [-0.05, 0) is 18.6 Å². The Hall–Kier alpha value is -1.53. The van der Waals surface area contributed by atoms with Gasteiger partial charge in [-0.15, -0.1) is 0 Å². The molecule has 0 amide bonds. The van der Waals surface area contributed by atoms with E-state index in [1.54, 1.807) is 20.1 Å². The Morgan fingerprint density at radius 2 is 2.28 bits per heavy atom. The first-order chi connectivity index (χ1) is 8.70. The molecule has 0 saturated carbocycles. The highest BCUT2D eigenvalue weighted by Crippen LogP contribution is 2.22. The second-order valence-electron chi connectivity index (χ2n) is 3.81. The third kappa shape index (κ3) is 3.02. The van der Waals surface area contributed by atoms with E-state index < -0.39 is 0 Å². The van der Waals surface area contributed by atoms with Gasteiger partial charge in [-0.25, -0.2) is 4.39 Å². The molecule has 2 rings (SSSR count). The van der Waals surface area contributed by atoms with Crippen LogP contribution in [0.2, 0.25) is 0 Å². The molecule has 1 N–H and O–H groups in total. The summed E-state index contributed by atoms with van der Waals surface area (Å²) in [7, 11) is 1.64. The van der Waals surface area contributed by atoms with Crippen LogP contribution in [-0.2, 0) is 4.74 Å². The van der Waals surface area contributed by atoms with E-state index in [9.17, 15) is 4.39 Å². The van der Waals surface area contributed by atoms with E-state index in [0.29, 0.717) is 35.2 Å². The van der Waals surface area contributed by atoms with Gasteiger partial charge in [0.05, 0.1) is 6.61 Å². The van der Waals surface area contributed by atoms with Crippen molar-refractivity contribution < 1.29 is 9.13 Å². The summed E-state index contributed by atoms with van der Waals surface area (Å²) in [6, 6.07) is 5.00. The molecule has 0 aliphatic heterocycles. The van der Waals surface area contributed by atoms with Gasteiger partial charge in [-0.1, -0.05) is 12.1 Å². The van der Waals surface area contributed by atoms with Crippen LogP contribution >= 0.6 is 11.5 Å². The summed E-state index contributed by atoms with van der Waals surface area (Å²) in [4.78, 5) is 4.30. The minimum atomic E-state index is -0.240. The zero-order valence-corrected chi connectivity index (χ0v) is 11.1. The summed E-state index contributed by atoms with van der Waals surface area (Å²) in [6.07, 6.45) is 0. The molecule has 1 heterocycles. The van der Waals surface area contributed by atoms with Gasteiger partial charge in [0.1, 0.15) is 5.82 Å². The third-order valence-corrected chi connectivity index (χ3v) is 3.11. The average Bonchev–Trinajstić information content (AvgIpc) is 2.82. The Labute approximate surface area is 109 Å². The smallest absolute Gasteiger partial charge is 0.202 e. The first-order valence-electron chi connectivity index (χ1n) is 5.54. The lowest BCUT2D eigenvalue weighted by Gasteiger charge is -2.00. The van der Waals surface area contributed by atoms with Crippen LogP contribution in [0, 0.1) is 12.7 Å². The third-order valence-electron chi connectivity index (χ3n) is 2.44. The molecule has 0 unspecified atom stereocenters. The summed E-state index contributed by atoms with van der Waals surface area (Å²) >= 11 is 1.25. The van der Waals surface area contributed by atoms with Crippen LogP contribution in [0.25, 0.3) is 11.4 Å². The van der Waals surface area contributed by atoms with Crippen LogP contribution in [0.4, 0.5) is 9.52 Å². The number of nitrogens with zero attached hydrogens (tertiary/aromatic N) is 2. The van der Waals surface area contributed by atoms with Crippen molar-refractivity contribution >= 4 is 16.7 Å². The van der Waals surface area contributed by atoms with Crippen molar-refractivity contribution in [2.45, 2.75) is 6.92 Å². The van der Waals surface area contributed by atoms with Gasteiger partial charge in [0.25, 0.3) is 0 Å². The van der Waals surface area contributed by atoms with Crippen molar-refractivity contribution in [1.82, 2.24) is 9.36 Å². The predicted molar refractivity (Wildman–Crippen MR) is 70.4 cm³/mol. The number of aromatic nitrogens is 2. The maximum atomic E-state index is 13.4. The summed E-state index contributed by atoms with van der Waals surface area (Å²) in [5.74, 6) is 0.301. The maximum Gasteiger partial charge on any atom is 0.202 e. The SMILES string of the molecule is COCCNc1nc(-c2ccc(C)c(F)c2)ns1.